The van der Waals surface area contributed by atoms with Crippen LogP contribution in [0.1, 0.15) is 25.3 Å². The van der Waals surface area contributed by atoms with Crippen LogP contribution in [0.3, 0.4) is 0 Å². The number of halogens is 1. The number of aliphatic hydroxyl groups is 1. The molecule has 13 heavy (non-hydrogen) atoms. The number of hydrogen-bond acceptors (Lipinski definition) is 1. The fourth-order valence-electron chi connectivity index (χ4n) is 1.68. The van der Waals surface area contributed by atoms with E-state index in [0.717, 1.165) is 12.8 Å². The van der Waals surface area contributed by atoms with Crippen molar-refractivity contribution in [3.8, 4) is 0 Å². The van der Waals surface area contributed by atoms with Gasteiger partial charge in [0.25, 0.3) is 0 Å². The molecule has 1 fully saturated rings. The third kappa shape index (κ3) is 1.59. The third-order valence-electron chi connectivity index (χ3n) is 2.78. The average Bonchev–Trinajstić information content (AvgIpc) is 2.86. The van der Waals surface area contributed by atoms with Crippen LogP contribution in [-0.2, 0) is 5.60 Å². The van der Waals surface area contributed by atoms with E-state index in [1.807, 2.05) is 0 Å². The average molecular weight is 180 g/mol. The second-order valence-corrected chi connectivity index (χ2v) is 3.93. The van der Waals surface area contributed by atoms with Crippen molar-refractivity contribution >= 4 is 0 Å². The van der Waals surface area contributed by atoms with Crippen molar-refractivity contribution < 1.29 is 9.50 Å². The number of rotatable bonds is 2. The summed E-state index contributed by atoms with van der Waals surface area (Å²) >= 11 is 0. The molecule has 1 aromatic rings. The quantitative estimate of drug-likeness (QED) is 0.741. The van der Waals surface area contributed by atoms with Gasteiger partial charge in [-0.15, -0.1) is 0 Å². The van der Waals surface area contributed by atoms with Gasteiger partial charge in [-0.2, -0.15) is 0 Å². The van der Waals surface area contributed by atoms with E-state index >= 15 is 0 Å². The molecule has 0 bridgehead atoms. The first kappa shape index (κ1) is 8.70. The topological polar surface area (TPSA) is 20.2 Å². The minimum absolute atomic E-state index is 0.279. The summed E-state index contributed by atoms with van der Waals surface area (Å²) in [5.41, 5.74) is -0.155. The Labute approximate surface area is 77.2 Å². The van der Waals surface area contributed by atoms with Crippen molar-refractivity contribution in [2.24, 2.45) is 5.92 Å². The van der Waals surface area contributed by atoms with Crippen LogP contribution in [0.2, 0.25) is 0 Å². The van der Waals surface area contributed by atoms with E-state index in [2.05, 4.69) is 0 Å². The summed E-state index contributed by atoms with van der Waals surface area (Å²) in [6, 6.07) is 6.23. The molecule has 1 aliphatic carbocycles. The zero-order valence-corrected chi connectivity index (χ0v) is 7.63. The minimum Gasteiger partial charge on any atom is -0.385 e. The van der Waals surface area contributed by atoms with Crippen molar-refractivity contribution in [1.29, 1.82) is 0 Å². The van der Waals surface area contributed by atoms with Crippen LogP contribution in [0.25, 0.3) is 0 Å². The van der Waals surface area contributed by atoms with E-state index in [9.17, 15) is 9.50 Å². The predicted molar refractivity (Wildman–Crippen MR) is 48.7 cm³/mol. The van der Waals surface area contributed by atoms with E-state index < -0.39 is 5.60 Å². The minimum atomic E-state index is -0.845. The van der Waals surface area contributed by atoms with Gasteiger partial charge in [-0.1, -0.05) is 12.1 Å². The zero-order valence-electron chi connectivity index (χ0n) is 7.63. The lowest BCUT2D eigenvalue weighted by molar-refractivity contribution is 0.0328. The highest BCUT2D eigenvalue weighted by atomic mass is 19.1. The van der Waals surface area contributed by atoms with Crippen molar-refractivity contribution in [1.82, 2.24) is 0 Å². The highest BCUT2D eigenvalue weighted by Gasteiger charge is 2.41. The Balaban J connectivity index is 2.33. The van der Waals surface area contributed by atoms with E-state index in [0.29, 0.717) is 11.5 Å². The van der Waals surface area contributed by atoms with Gasteiger partial charge in [0.1, 0.15) is 5.82 Å². The SMILES string of the molecule is C[C@@](O)(c1cccc(F)c1)C1CC1. The molecule has 0 unspecified atom stereocenters. The molecule has 70 valence electrons. The van der Waals surface area contributed by atoms with Crippen molar-refractivity contribution in [2.45, 2.75) is 25.4 Å². The summed E-state index contributed by atoms with van der Waals surface area (Å²) in [4.78, 5) is 0. The molecule has 1 aromatic carbocycles. The van der Waals surface area contributed by atoms with Gasteiger partial charge in [-0.3, -0.25) is 0 Å². The van der Waals surface area contributed by atoms with E-state index in [1.165, 1.54) is 12.1 Å². The molecule has 0 amide bonds. The molecule has 1 saturated carbocycles. The molecule has 0 spiro atoms. The molecule has 1 nitrogen and oxygen atoms in total. The van der Waals surface area contributed by atoms with Crippen molar-refractivity contribution in [2.75, 3.05) is 0 Å². The first-order valence-corrected chi connectivity index (χ1v) is 4.59. The summed E-state index contributed by atoms with van der Waals surface area (Å²) in [7, 11) is 0. The number of hydrogen-bond donors (Lipinski definition) is 1. The second kappa shape index (κ2) is 2.81. The first-order valence-electron chi connectivity index (χ1n) is 4.59. The molecule has 2 heteroatoms. The van der Waals surface area contributed by atoms with Gasteiger partial charge in [0.05, 0.1) is 5.60 Å². The van der Waals surface area contributed by atoms with Gasteiger partial charge in [0.15, 0.2) is 0 Å². The van der Waals surface area contributed by atoms with Crippen LogP contribution >= 0.6 is 0 Å². The van der Waals surface area contributed by atoms with E-state index in [4.69, 9.17) is 0 Å². The van der Waals surface area contributed by atoms with Crippen LogP contribution in [0, 0.1) is 11.7 Å². The standard InChI is InChI=1S/C11H13FO/c1-11(13,8-5-6-8)9-3-2-4-10(12)7-9/h2-4,7-8,13H,5-6H2,1H3/t11-/m0/s1. The monoisotopic (exact) mass is 180 g/mol. The molecule has 0 aromatic heterocycles. The Kier molecular flexibility index (Phi) is 1.88. The summed E-state index contributed by atoms with van der Waals surface area (Å²) in [5, 5.41) is 10.1. The number of benzene rings is 1. The Morgan fingerprint density at radius 3 is 2.69 bits per heavy atom. The van der Waals surface area contributed by atoms with Gasteiger partial charge in [-0.25, -0.2) is 4.39 Å². The van der Waals surface area contributed by atoms with Crippen molar-refractivity contribution in [3.63, 3.8) is 0 Å². The zero-order chi connectivity index (χ0) is 9.47. The van der Waals surface area contributed by atoms with Crippen LogP contribution in [-0.4, -0.2) is 5.11 Å². The predicted octanol–water partition coefficient (Wildman–Crippen LogP) is 2.44. The van der Waals surface area contributed by atoms with Crippen molar-refractivity contribution in [3.05, 3.63) is 35.6 Å². The maximum absolute atomic E-state index is 12.9. The smallest absolute Gasteiger partial charge is 0.123 e. The first-order chi connectivity index (χ1) is 6.10. The highest BCUT2D eigenvalue weighted by Crippen LogP contribution is 2.45. The van der Waals surface area contributed by atoms with E-state index in [1.54, 1.807) is 19.1 Å². The molecule has 0 aliphatic heterocycles. The lowest BCUT2D eigenvalue weighted by Gasteiger charge is -2.23. The Morgan fingerprint density at radius 1 is 1.46 bits per heavy atom. The van der Waals surface area contributed by atoms with Crippen LogP contribution in [0.4, 0.5) is 4.39 Å². The Morgan fingerprint density at radius 2 is 2.15 bits per heavy atom. The molecule has 0 saturated heterocycles. The molecule has 2 rings (SSSR count). The van der Waals surface area contributed by atoms with Gasteiger partial charge < -0.3 is 5.11 Å². The van der Waals surface area contributed by atoms with Gasteiger partial charge in [0.2, 0.25) is 0 Å². The summed E-state index contributed by atoms with van der Waals surface area (Å²) in [5.74, 6) is 0.0349. The maximum atomic E-state index is 12.9. The molecule has 1 atom stereocenters. The summed E-state index contributed by atoms with van der Waals surface area (Å²) in [6.45, 7) is 1.76. The fourth-order valence-corrected chi connectivity index (χ4v) is 1.68. The molecule has 1 N–H and O–H groups in total. The maximum Gasteiger partial charge on any atom is 0.123 e. The largest absolute Gasteiger partial charge is 0.385 e. The normalized spacial score (nSPS) is 21.2. The van der Waals surface area contributed by atoms with Crippen LogP contribution in [0.15, 0.2) is 24.3 Å². The molecule has 1 aliphatic rings. The van der Waals surface area contributed by atoms with Crippen LogP contribution < -0.4 is 0 Å². The van der Waals surface area contributed by atoms with Crippen LogP contribution in [0.5, 0.6) is 0 Å². The van der Waals surface area contributed by atoms with E-state index in [-0.39, 0.29) is 5.82 Å². The lowest BCUT2D eigenvalue weighted by atomic mass is 9.91. The molecule has 0 radical (unpaired) electrons. The summed E-state index contributed by atoms with van der Waals surface area (Å²) in [6.07, 6.45) is 2.09. The summed E-state index contributed by atoms with van der Waals surface area (Å²) < 4.78 is 12.9. The molecular formula is C11H13FO. The second-order valence-electron chi connectivity index (χ2n) is 3.93. The van der Waals surface area contributed by atoms with Gasteiger partial charge in [-0.05, 0) is 43.4 Å². The Hall–Kier alpha value is -0.890. The highest BCUT2D eigenvalue weighted by molar-refractivity contribution is 5.24. The molecular weight excluding hydrogens is 167 g/mol. The van der Waals surface area contributed by atoms with Gasteiger partial charge in [0, 0.05) is 0 Å². The fraction of sp³-hybridized carbons (Fsp3) is 0.455. The Bertz CT molecular complexity index is 316. The third-order valence-corrected chi connectivity index (χ3v) is 2.78. The molecule has 0 heterocycles. The van der Waals surface area contributed by atoms with Gasteiger partial charge >= 0.3 is 0 Å². The lowest BCUT2D eigenvalue weighted by Crippen LogP contribution is -2.23.